The molecule has 0 spiro atoms. The molecule has 3 rings (SSSR count). The smallest absolute Gasteiger partial charge is 0.161 e. The van der Waals surface area contributed by atoms with Crippen molar-refractivity contribution < 1.29 is 14.0 Å². The first-order valence-electron chi connectivity index (χ1n) is 8.86. The van der Waals surface area contributed by atoms with Crippen LogP contribution in [-0.2, 0) is 19.4 Å². The van der Waals surface area contributed by atoms with Gasteiger partial charge < -0.3 is 19.3 Å². The summed E-state index contributed by atoms with van der Waals surface area (Å²) in [7, 11) is 0. The van der Waals surface area contributed by atoms with Gasteiger partial charge in [-0.3, -0.25) is 0 Å². The van der Waals surface area contributed by atoms with Crippen molar-refractivity contribution in [1.82, 2.24) is 10.5 Å². The standard InChI is InChI=1S/C19H26N2O3/c1-4-15(13-7-8-18-19(11-13)23-10-9-22-18)20-12-14-16(5-2)21-24-17(14)6-3/h7-8,11,15,20H,4-6,9-10,12H2,1-3H3. The number of aryl methyl sites for hydroxylation is 2. The molecule has 1 N–H and O–H groups in total. The number of benzene rings is 1. The van der Waals surface area contributed by atoms with E-state index in [9.17, 15) is 0 Å². The Bertz CT molecular complexity index is 660. The van der Waals surface area contributed by atoms with Gasteiger partial charge in [-0.05, 0) is 30.5 Å². The number of nitrogens with one attached hydrogen (secondary N) is 1. The fraction of sp³-hybridized carbons (Fsp3) is 0.526. The minimum absolute atomic E-state index is 0.255. The molecule has 0 saturated carbocycles. The fourth-order valence-corrected chi connectivity index (χ4v) is 3.14. The zero-order chi connectivity index (χ0) is 16.9. The number of hydrogen-bond donors (Lipinski definition) is 1. The number of hydrogen-bond acceptors (Lipinski definition) is 5. The topological polar surface area (TPSA) is 56.5 Å². The van der Waals surface area contributed by atoms with Gasteiger partial charge in [0, 0.05) is 24.6 Å². The van der Waals surface area contributed by atoms with Crippen molar-refractivity contribution in [2.24, 2.45) is 0 Å². The minimum atomic E-state index is 0.255. The molecule has 24 heavy (non-hydrogen) atoms. The van der Waals surface area contributed by atoms with Gasteiger partial charge >= 0.3 is 0 Å². The van der Waals surface area contributed by atoms with Crippen LogP contribution in [0.3, 0.4) is 0 Å². The largest absolute Gasteiger partial charge is 0.486 e. The van der Waals surface area contributed by atoms with Gasteiger partial charge in [0.15, 0.2) is 11.5 Å². The molecule has 0 radical (unpaired) electrons. The fourth-order valence-electron chi connectivity index (χ4n) is 3.14. The molecule has 1 unspecified atom stereocenters. The van der Waals surface area contributed by atoms with Gasteiger partial charge in [-0.25, -0.2) is 0 Å². The van der Waals surface area contributed by atoms with Crippen LogP contribution in [0.1, 0.15) is 55.8 Å². The second-order valence-electron chi connectivity index (χ2n) is 5.98. The number of aromatic nitrogens is 1. The van der Waals surface area contributed by atoms with E-state index in [2.05, 4.69) is 43.4 Å². The van der Waals surface area contributed by atoms with Crippen LogP contribution in [0.25, 0.3) is 0 Å². The van der Waals surface area contributed by atoms with Crippen LogP contribution in [0.5, 0.6) is 11.5 Å². The van der Waals surface area contributed by atoms with Crippen molar-refractivity contribution in [3.63, 3.8) is 0 Å². The molecule has 5 heteroatoms. The molecule has 1 aliphatic heterocycles. The summed E-state index contributed by atoms with van der Waals surface area (Å²) >= 11 is 0. The molecule has 130 valence electrons. The molecule has 0 saturated heterocycles. The van der Waals surface area contributed by atoms with Crippen LogP contribution in [0, 0.1) is 0 Å². The first-order chi connectivity index (χ1) is 11.8. The van der Waals surface area contributed by atoms with Gasteiger partial charge in [0.2, 0.25) is 0 Å². The molecule has 1 atom stereocenters. The monoisotopic (exact) mass is 330 g/mol. The number of nitrogens with zero attached hydrogens (tertiary/aromatic N) is 1. The van der Waals surface area contributed by atoms with Crippen molar-refractivity contribution >= 4 is 0 Å². The SMILES string of the molecule is CCc1noc(CC)c1CNC(CC)c1ccc2c(c1)OCCO2. The van der Waals surface area contributed by atoms with Crippen molar-refractivity contribution in [3.05, 3.63) is 40.8 Å². The highest BCUT2D eigenvalue weighted by molar-refractivity contribution is 5.44. The summed E-state index contributed by atoms with van der Waals surface area (Å²) in [5.74, 6) is 2.66. The third-order valence-electron chi connectivity index (χ3n) is 4.51. The lowest BCUT2D eigenvalue weighted by Crippen LogP contribution is -2.22. The third-order valence-corrected chi connectivity index (χ3v) is 4.51. The Balaban J connectivity index is 1.74. The Kier molecular flexibility index (Phi) is 5.41. The zero-order valence-corrected chi connectivity index (χ0v) is 14.7. The highest BCUT2D eigenvalue weighted by Crippen LogP contribution is 2.33. The predicted octanol–water partition coefficient (Wildman–Crippen LogP) is 3.81. The normalized spacial score (nSPS) is 14.6. The van der Waals surface area contributed by atoms with Crippen LogP contribution in [0.4, 0.5) is 0 Å². The van der Waals surface area contributed by atoms with E-state index in [1.165, 1.54) is 11.1 Å². The van der Waals surface area contributed by atoms with E-state index in [-0.39, 0.29) is 6.04 Å². The van der Waals surface area contributed by atoms with Crippen LogP contribution >= 0.6 is 0 Å². The summed E-state index contributed by atoms with van der Waals surface area (Å²) in [6, 6.07) is 6.46. The molecule has 1 aliphatic rings. The Hall–Kier alpha value is -2.01. The summed E-state index contributed by atoms with van der Waals surface area (Å²) in [4.78, 5) is 0. The van der Waals surface area contributed by atoms with Gasteiger partial charge in [0.05, 0.1) is 5.69 Å². The number of ether oxygens (including phenoxy) is 2. The van der Waals surface area contributed by atoms with Gasteiger partial charge in [-0.1, -0.05) is 32.0 Å². The maximum Gasteiger partial charge on any atom is 0.161 e. The van der Waals surface area contributed by atoms with E-state index in [0.29, 0.717) is 13.2 Å². The van der Waals surface area contributed by atoms with Crippen molar-refractivity contribution in [1.29, 1.82) is 0 Å². The van der Waals surface area contributed by atoms with Gasteiger partial charge in [-0.15, -0.1) is 0 Å². The first-order valence-corrected chi connectivity index (χ1v) is 8.86. The second-order valence-corrected chi connectivity index (χ2v) is 5.98. The van der Waals surface area contributed by atoms with Crippen LogP contribution in [0.2, 0.25) is 0 Å². The van der Waals surface area contributed by atoms with Crippen LogP contribution in [-0.4, -0.2) is 18.4 Å². The second kappa shape index (κ2) is 7.71. The molecule has 2 heterocycles. The van der Waals surface area contributed by atoms with E-state index < -0.39 is 0 Å². The van der Waals surface area contributed by atoms with E-state index >= 15 is 0 Å². The minimum Gasteiger partial charge on any atom is -0.486 e. The first kappa shape index (κ1) is 16.8. The van der Waals surface area contributed by atoms with Gasteiger partial charge in [0.25, 0.3) is 0 Å². The average Bonchev–Trinajstić information content (AvgIpc) is 3.04. The van der Waals surface area contributed by atoms with Crippen molar-refractivity contribution in [3.8, 4) is 11.5 Å². The summed E-state index contributed by atoms with van der Waals surface area (Å²) in [6.07, 6.45) is 2.75. The van der Waals surface area contributed by atoms with E-state index in [1.807, 2.05) is 6.07 Å². The summed E-state index contributed by atoms with van der Waals surface area (Å²) < 4.78 is 16.8. The molecule has 1 aromatic carbocycles. The Labute approximate surface area is 143 Å². The highest BCUT2D eigenvalue weighted by Gasteiger charge is 2.18. The number of rotatable bonds is 7. The molecular formula is C19H26N2O3. The molecule has 0 fully saturated rings. The van der Waals surface area contributed by atoms with Crippen LogP contribution < -0.4 is 14.8 Å². The summed E-state index contributed by atoms with van der Waals surface area (Å²) in [6.45, 7) is 8.39. The molecule has 0 aliphatic carbocycles. The lowest BCUT2D eigenvalue weighted by molar-refractivity contribution is 0.171. The Morgan fingerprint density at radius 2 is 1.88 bits per heavy atom. The van der Waals surface area contributed by atoms with E-state index in [1.54, 1.807) is 0 Å². The summed E-state index contributed by atoms with van der Waals surface area (Å²) in [5.41, 5.74) is 3.47. The molecule has 2 aromatic rings. The maximum atomic E-state index is 5.70. The summed E-state index contributed by atoms with van der Waals surface area (Å²) in [5, 5.41) is 7.84. The molecule has 0 bridgehead atoms. The molecule has 1 aromatic heterocycles. The predicted molar refractivity (Wildman–Crippen MR) is 92.6 cm³/mol. The number of fused-ring (bicyclic) bond motifs is 1. The molecule has 0 amide bonds. The lowest BCUT2D eigenvalue weighted by atomic mass is 10.0. The lowest BCUT2D eigenvalue weighted by Gasteiger charge is -2.22. The maximum absolute atomic E-state index is 5.70. The van der Waals surface area contributed by atoms with Crippen LogP contribution in [0.15, 0.2) is 22.7 Å². The van der Waals surface area contributed by atoms with Gasteiger partial charge in [0.1, 0.15) is 19.0 Å². The highest BCUT2D eigenvalue weighted by atomic mass is 16.6. The zero-order valence-electron chi connectivity index (χ0n) is 14.7. The molecule has 5 nitrogen and oxygen atoms in total. The van der Waals surface area contributed by atoms with Crippen molar-refractivity contribution in [2.75, 3.05) is 13.2 Å². The van der Waals surface area contributed by atoms with E-state index in [0.717, 1.165) is 48.8 Å². The van der Waals surface area contributed by atoms with Crippen molar-refractivity contribution in [2.45, 2.75) is 52.6 Å². The Morgan fingerprint density at radius 3 is 2.58 bits per heavy atom. The van der Waals surface area contributed by atoms with Gasteiger partial charge in [-0.2, -0.15) is 0 Å². The van der Waals surface area contributed by atoms with E-state index in [4.69, 9.17) is 14.0 Å². The Morgan fingerprint density at radius 1 is 1.08 bits per heavy atom. The average molecular weight is 330 g/mol. The molecular weight excluding hydrogens is 304 g/mol. The third kappa shape index (κ3) is 3.41. The quantitative estimate of drug-likeness (QED) is 0.836.